The highest BCUT2D eigenvalue weighted by atomic mass is 35.5. The van der Waals surface area contributed by atoms with Crippen LogP contribution >= 0.6 is 11.6 Å². The molecule has 1 fully saturated rings. The van der Waals surface area contributed by atoms with Gasteiger partial charge in [0.25, 0.3) is 5.91 Å². The summed E-state index contributed by atoms with van der Waals surface area (Å²) in [5.74, 6) is -0.760. The second-order valence-electron chi connectivity index (χ2n) is 7.96. The number of aliphatic hydroxyl groups is 2. The molecule has 0 aliphatic carbocycles. The van der Waals surface area contributed by atoms with Gasteiger partial charge in [-0.2, -0.15) is 0 Å². The Kier molecular flexibility index (Phi) is 6.45. The lowest BCUT2D eigenvalue weighted by molar-refractivity contribution is -0.137. The van der Waals surface area contributed by atoms with Crippen molar-refractivity contribution in [3.63, 3.8) is 0 Å². The Balaban J connectivity index is 1.58. The van der Waals surface area contributed by atoms with Gasteiger partial charge in [-0.15, -0.1) is 0 Å². The highest BCUT2D eigenvalue weighted by Crippen LogP contribution is 2.33. The molecule has 36 heavy (non-hydrogen) atoms. The van der Waals surface area contributed by atoms with Gasteiger partial charge in [-0.05, 0) is 18.2 Å². The molecule has 5 rings (SSSR count). The second kappa shape index (κ2) is 9.70. The number of hydrogen-bond donors (Lipinski definition) is 4. The molecule has 0 spiro atoms. The molecule has 5 heterocycles. The van der Waals surface area contributed by atoms with Crippen molar-refractivity contribution in [1.29, 1.82) is 0 Å². The summed E-state index contributed by atoms with van der Waals surface area (Å²) in [7, 11) is 1.39. The number of ether oxygens (including phenoxy) is 1. The standard InChI is InChI=1S/C22H20ClFN8O4/c1-25-21(35)17-15(33)16(34)22(36-17)32-9-28-14-19(27-8-12-3-2-4-13(23)29-12)30-18(31-20(14)32)10-5-11(24)7-26-6-10/h2-7,9,15-17,22,33-34H,8H2,1H3,(H,25,35)(H,27,30,31)/t15?,16?,17-,22?/m1/s1. The van der Waals surface area contributed by atoms with Gasteiger partial charge in [-0.3, -0.25) is 14.3 Å². The Labute approximate surface area is 208 Å². The van der Waals surface area contributed by atoms with Crippen molar-refractivity contribution in [2.45, 2.75) is 31.1 Å². The molecule has 1 aliphatic rings. The van der Waals surface area contributed by atoms with Gasteiger partial charge >= 0.3 is 0 Å². The van der Waals surface area contributed by atoms with Crippen LogP contribution in [0.3, 0.4) is 0 Å². The van der Waals surface area contributed by atoms with Gasteiger partial charge in [0.05, 0.1) is 24.8 Å². The van der Waals surface area contributed by atoms with Gasteiger partial charge in [0.15, 0.2) is 35.1 Å². The minimum Gasteiger partial charge on any atom is -0.387 e. The molecule has 4 aromatic rings. The summed E-state index contributed by atoms with van der Waals surface area (Å²) >= 11 is 5.98. The number of carbonyl (C=O) groups excluding carboxylic acids is 1. The Morgan fingerprint density at radius 3 is 2.81 bits per heavy atom. The lowest BCUT2D eigenvalue weighted by atomic mass is 10.1. The zero-order chi connectivity index (χ0) is 25.4. The highest BCUT2D eigenvalue weighted by molar-refractivity contribution is 6.29. The number of hydrogen-bond acceptors (Lipinski definition) is 10. The number of carbonyl (C=O) groups is 1. The van der Waals surface area contributed by atoms with E-state index in [0.29, 0.717) is 21.9 Å². The van der Waals surface area contributed by atoms with Crippen LogP contribution in [0.4, 0.5) is 10.2 Å². The minimum absolute atomic E-state index is 0.119. The van der Waals surface area contributed by atoms with Gasteiger partial charge in [0, 0.05) is 18.8 Å². The molecule has 12 nitrogen and oxygen atoms in total. The normalized spacial score (nSPS) is 21.6. The number of likely N-dealkylation sites (N-methyl/N-ethyl adjacent to an activating group) is 1. The molecule has 1 aliphatic heterocycles. The molecular formula is C22H20ClFN8O4. The maximum Gasteiger partial charge on any atom is 0.251 e. The number of aliphatic hydroxyl groups excluding tert-OH is 2. The van der Waals surface area contributed by atoms with Crippen LogP contribution in [0.1, 0.15) is 11.9 Å². The third-order valence-corrected chi connectivity index (χ3v) is 5.82. The summed E-state index contributed by atoms with van der Waals surface area (Å²) in [6.07, 6.45) is -1.60. The monoisotopic (exact) mass is 514 g/mol. The topological polar surface area (TPSA) is 160 Å². The number of aromatic nitrogens is 6. The molecule has 0 radical (unpaired) electrons. The van der Waals surface area contributed by atoms with Crippen molar-refractivity contribution in [3.8, 4) is 11.4 Å². The zero-order valence-corrected chi connectivity index (χ0v) is 19.5. The van der Waals surface area contributed by atoms with Crippen molar-refractivity contribution in [3.05, 3.63) is 59.7 Å². The maximum atomic E-state index is 13.9. The summed E-state index contributed by atoms with van der Waals surface area (Å²) in [5.41, 5.74) is 1.44. The number of pyridine rings is 2. The molecule has 4 atom stereocenters. The highest BCUT2D eigenvalue weighted by Gasteiger charge is 2.47. The Morgan fingerprint density at radius 1 is 1.22 bits per heavy atom. The number of anilines is 1. The first-order valence-corrected chi connectivity index (χ1v) is 11.2. The van der Waals surface area contributed by atoms with E-state index in [2.05, 4.69) is 35.6 Å². The Bertz CT molecular complexity index is 1440. The van der Waals surface area contributed by atoms with Crippen LogP contribution in [-0.2, 0) is 16.1 Å². The van der Waals surface area contributed by atoms with E-state index in [1.165, 1.54) is 30.2 Å². The predicted molar refractivity (Wildman–Crippen MR) is 125 cm³/mol. The van der Waals surface area contributed by atoms with E-state index in [4.69, 9.17) is 16.3 Å². The summed E-state index contributed by atoms with van der Waals surface area (Å²) in [6.45, 7) is 0.236. The molecule has 0 saturated carbocycles. The molecule has 0 aromatic carbocycles. The summed E-state index contributed by atoms with van der Waals surface area (Å²) < 4.78 is 20.9. The van der Waals surface area contributed by atoms with Crippen LogP contribution in [0.2, 0.25) is 5.15 Å². The summed E-state index contributed by atoms with van der Waals surface area (Å²) in [5, 5.41) is 26.9. The fourth-order valence-electron chi connectivity index (χ4n) is 3.86. The largest absolute Gasteiger partial charge is 0.387 e. The number of halogens is 2. The van der Waals surface area contributed by atoms with Crippen LogP contribution in [-0.4, -0.2) is 71.0 Å². The molecule has 3 unspecified atom stereocenters. The minimum atomic E-state index is -1.48. The average molecular weight is 515 g/mol. The molecule has 186 valence electrons. The van der Waals surface area contributed by atoms with Crippen LogP contribution in [0.5, 0.6) is 0 Å². The van der Waals surface area contributed by atoms with Gasteiger partial charge in [0.1, 0.15) is 23.2 Å². The smallest absolute Gasteiger partial charge is 0.251 e. The predicted octanol–water partition coefficient (Wildman–Crippen LogP) is 1.05. The SMILES string of the molecule is CNC(=O)[C@@H]1OC(n2cnc3c(NCc4cccc(Cl)n4)nc(-c4cncc(F)c4)nc32)C(O)C1O. The van der Waals surface area contributed by atoms with Crippen LogP contribution in [0.25, 0.3) is 22.6 Å². The fourth-order valence-corrected chi connectivity index (χ4v) is 4.04. The fraction of sp³-hybridized carbons (Fsp3) is 0.273. The molecule has 0 bridgehead atoms. The van der Waals surface area contributed by atoms with Gasteiger partial charge in [-0.25, -0.2) is 24.3 Å². The first-order chi connectivity index (χ1) is 17.4. The van der Waals surface area contributed by atoms with Crippen molar-refractivity contribution in [1.82, 2.24) is 34.8 Å². The van der Waals surface area contributed by atoms with E-state index in [-0.39, 0.29) is 23.8 Å². The lowest BCUT2D eigenvalue weighted by Gasteiger charge is -2.17. The Hall–Kier alpha value is -3.78. The maximum absolute atomic E-state index is 13.9. The number of nitrogens with one attached hydrogen (secondary N) is 2. The second-order valence-corrected chi connectivity index (χ2v) is 8.35. The Morgan fingerprint density at radius 2 is 2.06 bits per heavy atom. The van der Waals surface area contributed by atoms with E-state index < -0.39 is 36.3 Å². The molecular weight excluding hydrogens is 495 g/mol. The number of imidazole rings is 1. The molecule has 1 saturated heterocycles. The first kappa shape index (κ1) is 23.9. The van der Waals surface area contributed by atoms with Gasteiger partial charge in [0.2, 0.25) is 0 Å². The number of nitrogens with zero attached hydrogens (tertiary/aromatic N) is 6. The van der Waals surface area contributed by atoms with Crippen LogP contribution in [0, 0.1) is 5.82 Å². The van der Waals surface area contributed by atoms with Crippen molar-refractivity contribution < 1.29 is 24.1 Å². The number of fused-ring (bicyclic) bond motifs is 1. The molecule has 14 heteroatoms. The van der Waals surface area contributed by atoms with Crippen molar-refractivity contribution in [2.75, 3.05) is 12.4 Å². The van der Waals surface area contributed by atoms with Crippen molar-refractivity contribution >= 4 is 34.5 Å². The van der Waals surface area contributed by atoms with E-state index in [1.807, 2.05) is 0 Å². The van der Waals surface area contributed by atoms with Crippen molar-refractivity contribution in [2.24, 2.45) is 0 Å². The molecule has 1 amide bonds. The quantitative estimate of drug-likeness (QED) is 0.274. The van der Waals surface area contributed by atoms with Gasteiger partial charge < -0.3 is 25.6 Å². The van der Waals surface area contributed by atoms with E-state index >= 15 is 0 Å². The molecule has 4 aromatic heterocycles. The first-order valence-electron chi connectivity index (χ1n) is 10.8. The van der Waals surface area contributed by atoms with Crippen LogP contribution in [0.15, 0.2) is 43.0 Å². The van der Waals surface area contributed by atoms with Crippen LogP contribution < -0.4 is 10.6 Å². The number of rotatable bonds is 6. The van der Waals surface area contributed by atoms with Gasteiger partial charge in [-0.1, -0.05) is 17.7 Å². The van der Waals surface area contributed by atoms with E-state index in [1.54, 1.807) is 18.2 Å². The third-order valence-electron chi connectivity index (χ3n) is 5.61. The van der Waals surface area contributed by atoms with E-state index in [9.17, 15) is 19.4 Å². The average Bonchev–Trinajstić information content (AvgIpc) is 3.43. The number of amides is 1. The summed E-state index contributed by atoms with van der Waals surface area (Å²) in [6, 6.07) is 6.41. The lowest BCUT2D eigenvalue weighted by Crippen LogP contribution is -2.41. The molecule has 4 N–H and O–H groups in total. The zero-order valence-electron chi connectivity index (χ0n) is 18.7. The third kappa shape index (κ3) is 4.44. The van der Waals surface area contributed by atoms with E-state index in [0.717, 1.165) is 6.20 Å². The summed E-state index contributed by atoms with van der Waals surface area (Å²) in [4.78, 5) is 33.5.